The number of rotatable bonds is 3. The summed E-state index contributed by atoms with van der Waals surface area (Å²) in [6, 6.07) is 8.04. The van der Waals surface area contributed by atoms with Crippen LogP contribution in [0.5, 0.6) is 0 Å². The summed E-state index contributed by atoms with van der Waals surface area (Å²) in [6.45, 7) is 8.24. The van der Waals surface area contributed by atoms with E-state index in [0.29, 0.717) is 5.82 Å². The minimum absolute atomic E-state index is 0.252. The zero-order valence-electron chi connectivity index (χ0n) is 11.9. The molecule has 0 radical (unpaired) electrons. The van der Waals surface area contributed by atoms with Crippen LogP contribution in [0.4, 0.5) is 17.3 Å². The molecule has 0 fully saturated rings. The van der Waals surface area contributed by atoms with Gasteiger partial charge in [0.1, 0.15) is 17.5 Å². The SMILES string of the molecule is Cc1ccc(C)c(Nc2cc(N)nc(C(C)C)n2)c1. The average Bonchev–Trinajstić information content (AvgIpc) is 2.33. The van der Waals surface area contributed by atoms with Crippen LogP contribution >= 0.6 is 0 Å². The Labute approximate surface area is 114 Å². The van der Waals surface area contributed by atoms with Gasteiger partial charge in [-0.25, -0.2) is 9.97 Å². The van der Waals surface area contributed by atoms with Crippen molar-refractivity contribution in [2.75, 3.05) is 11.1 Å². The first kappa shape index (κ1) is 13.3. The number of nitrogens with zero attached hydrogens (tertiary/aromatic N) is 2. The van der Waals surface area contributed by atoms with Crippen LogP contribution in [0.2, 0.25) is 0 Å². The van der Waals surface area contributed by atoms with E-state index in [1.165, 1.54) is 11.1 Å². The lowest BCUT2D eigenvalue weighted by Gasteiger charge is -2.12. The standard InChI is InChI=1S/C15H20N4/c1-9(2)15-18-13(16)8-14(19-15)17-12-7-10(3)5-6-11(12)4/h5-9H,1-4H3,(H3,16,17,18,19). The summed E-state index contributed by atoms with van der Waals surface area (Å²) in [6.07, 6.45) is 0. The Morgan fingerprint density at radius 3 is 2.53 bits per heavy atom. The van der Waals surface area contributed by atoms with Crippen molar-refractivity contribution in [3.8, 4) is 0 Å². The third-order valence-electron chi connectivity index (χ3n) is 2.94. The van der Waals surface area contributed by atoms with E-state index in [1.54, 1.807) is 6.07 Å². The fourth-order valence-electron chi connectivity index (χ4n) is 1.82. The third kappa shape index (κ3) is 3.22. The van der Waals surface area contributed by atoms with E-state index in [9.17, 15) is 0 Å². The molecule has 100 valence electrons. The highest BCUT2D eigenvalue weighted by molar-refractivity contribution is 5.62. The molecule has 0 bridgehead atoms. The van der Waals surface area contributed by atoms with Gasteiger partial charge in [0.05, 0.1) is 0 Å². The Kier molecular flexibility index (Phi) is 3.69. The summed E-state index contributed by atoms with van der Waals surface area (Å²) in [5, 5.41) is 3.32. The monoisotopic (exact) mass is 256 g/mol. The minimum Gasteiger partial charge on any atom is -0.384 e. The maximum absolute atomic E-state index is 5.83. The molecule has 0 amide bonds. The van der Waals surface area contributed by atoms with E-state index in [1.807, 2.05) is 0 Å². The Hall–Kier alpha value is -2.10. The number of aromatic nitrogens is 2. The topological polar surface area (TPSA) is 63.8 Å². The second-order valence-electron chi connectivity index (χ2n) is 5.13. The molecular formula is C15H20N4. The summed E-state index contributed by atoms with van der Waals surface area (Å²) >= 11 is 0. The maximum Gasteiger partial charge on any atom is 0.136 e. The molecule has 0 atom stereocenters. The highest BCUT2D eigenvalue weighted by Gasteiger charge is 2.07. The van der Waals surface area contributed by atoms with Gasteiger partial charge in [-0.1, -0.05) is 26.0 Å². The number of hydrogen-bond acceptors (Lipinski definition) is 4. The summed E-state index contributed by atoms with van der Waals surface area (Å²) < 4.78 is 0. The summed E-state index contributed by atoms with van der Waals surface area (Å²) in [5.41, 5.74) is 9.26. The number of aryl methyl sites for hydroxylation is 2. The quantitative estimate of drug-likeness (QED) is 0.881. The summed E-state index contributed by atoms with van der Waals surface area (Å²) in [5.74, 6) is 2.24. The van der Waals surface area contributed by atoms with Crippen LogP contribution in [0.25, 0.3) is 0 Å². The second kappa shape index (κ2) is 5.26. The van der Waals surface area contributed by atoms with Crippen molar-refractivity contribution in [3.63, 3.8) is 0 Å². The summed E-state index contributed by atoms with van der Waals surface area (Å²) in [7, 11) is 0. The number of nitrogens with two attached hydrogens (primary N) is 1. The van der Waals surface area contributed by atoms with Crippen LogP contribution in [0, 0.1) is 13.8 Å². The van der Waals surface area contributed by atoms with Gasteiger partial charge in [-0.05, 0) is 31.0 Å². The first-order valence-corrected chi connectivity index (χ1v) is 6.44. The van der Waals surface area contributed by atoms with Gasteiger partial charge in [-0.15, -0.1) is 0 Å². The fraction of sp³-hybridized carbons (Fsp3) is 0.333. The second-order valence-corrected chi connectivity index (χ2v) is 5.13. The van der Waals surface area contributed by atoms with Gasteiger partial charge in [-0.2, -0.15) is 0 Å². The smallest absolute Gasteiger partial charge is 0.136 e. The molecule has 2 aromatic rings. The van der Waals surface area contributed by atoms with Gasteiger partial charge in [0.15, 0.2) is 0 Å². The number of hydrogen-bond donors (Lipinski definition) is 2. The first-order chi connectivity index (χ1) is 8.95. The van der Waals surface area contributed by atoms with Crippen LogP contribution in [-0.4, -0.2) is 9.97 Å². The van der Waals surface area contributed by atoms with Crippen LogP contribution in [0.1, 0.15) is 36.7 Å². The lowest BCUT2D eigenvalue weighted by molar-refractivity contribution is 0.779. The van der Waals surface area contributed by atoms with Crippen molar-refractivity contribution in [2.24, 2.45) is 0 Å². The lowest BCUT2D eigenvalue weighted by atomic mass is 10.1. The van der Waals surface area contributed by atoms with Crippen molar-refractivity contribution in [2.45, 2.75) is 33.6 Å². The summed E-state index contributed by atoms with van der Waals surface area (Å²) in [4.78, 5) is 8.74. The Balaban J connectivity index is 2.35. The largest absolute Gasteiger partial charge is 0.384 e. The van der Waals surface area contributed by atoms with E-state index >= 15 is 0 Å². The van der Waals surface area contributed by atoms with Gasteiger partial charge in [-0.3, -0.25) is 0 Å². The molecule has 1 aromatic carbocycles. The van der Waals surface area contributed by atoms with E-state index in [-0.39, 0.29) is 5.92 Å². The Morgan fingerprint density at radius 2 is 1.84 bits per heavy atom. The molecular weight excluding hydrogens is 236 g/mol. The maximum atomic E-state index is 5.83. The van der Waals surface area contributed by atoms with Gasteiger partial charge in [0.25, 0.3) is 0 Å². The van der Waals surface area contributed by atoms with Crippen molar-refractivity contribution < 1.29 is 0 Å². The predicted molar refractivity (Wildman–Crippen MR) is 79.7 cm³/mol. The molecule has 0 spiro atoms. The minimum atomic E-state index is 0.252. The van der Waals surface area contributed by atoms with Crippen molar-refractivity contribution >= 4 is 17.3 Å². The van der Waals surface area contributed by atoms with E-state index in [2.05, 4.69) is 61.2 Å². The highest BCUT2D eigenvalue weighted by Crippen LogP contribution is 2.22. The number of nitrogens with one attached hydrogen (secondary N) is 1. The average molecular weight is 256 g/mol. The van der Waals surface area contributed by atoms with Crippen molar-refractivity contribution in [1.82, 2.24) is 9.97 Å². The number of nitrogen functional groups attached to an aromatic ring is 1. The molecule has 3 N–H and O–H groups in total. The van der Waals surface area contributed by atoms with E-state index < -0.39 is 0 Å². The third-order valence-corrected chi connectivity index (χ3v) is 2.94. The van der Waals surface area contributed by atoms with Gasteiger partial charge in [0.2, 0.25) is 0 Å². The molecule has 4 nitrogen and oxygen atoms in total. The van der Waals surface area contributed by atoms with E-state index in [0.717, 1.165) is 17.3 Å². The normalized spacial score (nSPS) is 10.8. The predicted octanol–water partition coefficient (Wildman–Crippen LogP) is 3.54. The van der Waals surface area contributed by atoms with Crippen LogP contribution in [0.15, 0.2) is 24.3 Å². The first-order valence-electron chi connectivity index (χ1n) is 6.44. The zero-order valence-corrected chi connectivity index (χ0v) is 11.9. The molecule has 0 unspecified atom stereocenters. The van der Waals surface area contributed by atoms with Crippen LogP contribution in [0.3, 0.4) is 0 Å². The molecule has 0 aliphatic heterocycles. The van der Waals surface area contributed by atoms with E-state index in [4.69, 9.17) is 5.73 Å². The molecule has 0 saturated heterocycles. The van der Waals surface area contributed by atoms with Crippen LogP contribution < -0.4 is 11.1 Å². The highest BCUT2D eigenvalue weighted by atomic mass is 15.1. The zero-order chi connectivity index (χ0) is 14.0. The molecule has 4 heteroatoms. The lowest BCUT2D eigenvalue weighted by Crippen LogP contribution is -2.05. The van der Waals surface area contributed by atoms with Crippen molar-refractivity contribution in [1.29, 1.82) is 0 Å². The Morgan fingerprint density at radius 1 is 1.11 bits per heavy atom. The van der Waals surface area contributed by atoms with Gasteiger partial charge < -0.3 is 11.1 Å². The molecule has 0 aliphatic carbocycles. The molecule has 19 heavy (non-hydrogen) atoms. The fourth-order valence-corrected chi connectivity index (χ4v) is 1.82. The molecule has 0 saturated carbocycles. The molecule has 0 aliphatic rings. The molecule has 2 rings (SSSR count). The molecule has 1 aromatic heterocycles. The van der Waals surface area contributed by atoms with Gasteiger partial charge >= 0.3 is 0 Å². The molecule has 1 heterocycles. The van der Waals surface area contributed by atoms with Crippen LogP contribution in [-0.2, 0) is 0 Å². The number of benzene rings is 1. The van der Waals surface area contributed by atoms with Gasteiger partial charge in [0, 0.05) is 17.7 Å². The Bertz CT molecular complexity index is 591. The number of anilines is 3. The van der Waals surface area contributed by atoms with Crippen molar-refractivity contribution in [3.05, 3.63) is 41.2 Å².